The van der Waals surface area contributed by atoms with Crippen molar-refractivity contribution in [3.63, 3.8) is 0 Å². The summed E-state index contributed by atoms with van der Waals surface area (Å²) < 4.78 is 78.1. The van der Waals surface area contributed by atoms with Gasteiger partial charge in [-0.3, -0.25) is 4.90 Å². The SMILES string of the molecule is O=C(Oc1c(F)c(F)c(F)c(F)c1F)[C@@H]1CCCN1C(=O)OCC1c2ccccc2-c2ccccc21. The van der Waals surface area contributed by atoms with Crippen LogP contribution in [0.5, 0.6) is 5.75 Å². The van der Waals surface area contributed by atoms with Gasteiger partial charge >= 0.3 is 12.1 Å². The number of esters is 1. The molecule has 5 nitrogen and oxygen atoms in total. The number of fused-ring (bicyclic) bond motifs is 3. The van der Waals surface area contributed by atoms with E-state index in [-0.39, 0.29) is 25.5 Å². The summed E-state index contributed by atoms with van der Waals surface area (Å²) in [6, 6.07) is 14.1. The van der Waals surface area contributed by atoms with E-state index in [9.17, 15) is 31.5 Å². The molecule has 0 bridgehead atoms. The first kappa shape index (κ1) is 23.8. The van der Waals surface area contributed by atoms with E-state index in [1.165, 1.54) is 0 Å². The summed E-state index contributed by atoms with van der Waals surface area (Å²) in [6.07, 6.45) is -0.437. The van der Waals surface area contributed by atoms with Crippen LogP contribution in [-0.2, 0) is 9.53 Å². The number of carbonyl (C=O) groups is 2. The van der Waals surface area contributed by atoms with Gasteiger partial charge in [-0.05, 0) is 35.1 Å². The molecule has 0 spiro atoms. The molecule has 1 atom stereocenters. The quantitative estimate of drug-likeness (QED) is 0.151. The monoisotopic (exact) mass is 503 g/mol. The standard InChI is InChI=1S/C26H18F5NO4/c27-19-20(28)22(30)24(23(31)21(19)29)36-25(33)18-10-5-11-32(18)26(34)35-12-17-15-8-3-1-6-13(15)14-7-2-4-9-16(14)17/h1-4,6-9,17-18H,5,10-12H2/t18-/m0/s1. The molecule has 0 radical (unpaired) electrons. The molecule has 36 heavy (non-hydrogen) atoms. The van der Waals surface area contributed by atoms with Crippen LogP contribution in [0.15, 0.2) is 48.5 Å². The van der Waals surface area contributed by atoms with Gasteiger partial charge in [0.2, 0.25) is 34.8 Å². The van der Waals surface area contributed by atoms with Crippen LogP contribution in [-0.4, -0.2) is 36.2 Å². The molecule has 0 unspecified atom stereocenters. The maximum absolute atomic E-state index is 13.9. The number of ether oxygens (including phenoxy) is 2. The van der Waals surface area contributed by atoms with Gasteiger partial charge in [0, 0.05) is 12.5 Å². The Balaban J connectivity index is 1.31. The highest BCUT2D eigenvalue weighted by Crippen LogP contribution is 2.44. The second kappa shape index (κ2) is 9.25. The zero-order chi connectivity index (χ0) is 25.6. The third kappa shape index (κ3) is 3.86. The van der Waals surface area contributed by atoms with Gasteiger partial charge in [0.15, 0.2) is 0 Å². The Morgan fingerprint density at radius 1 is 0.806 bits per heavy atom. The van der Waals surface area contributed by atoms with Crippen LogP contribution in [0.25, 0.3) is 11.1 Å². The summed E-state index contributed by atoms with van der Waals surface area (Å²) in [5, 5.41) is 0. The summed E-state index contributed by atoms with van der Waals surface area (Å²) in [6.45, 7) is 0.0658. The van der Waals surface area contributed by atoms with E-state index in [1.54, 1.807) is 0 Å². The predicted molar refractivity (Wildman–Crippen MR) is 117 cm³/mol. The molecule has 1 fully saturated rings. The summed E-state index contributed by atoms with van der Waals surface area (Å²) in [4.78, 5) is 26.5. The second-order valence-corrected chi connectivity index (χ2v) is 8.48. The Bertz CT molecular complexity index is 1300. The Labute approximate surface area is 202 Å². The largest absolute Gasteiger partial charge is 0.448 e. The van der Waals surface area contributed by atoms with Crippen molar-refractivity contribution in [2.75, 3.05) is 13.2 Å². The van der Waals surface area contributed by atoms with Crippen LogP contribution in [0, 0.1) is 29.1 Å². The van der Waals surface area contributed by atoms with Crippen LogP contribution in [0.2, 0.25) is 0 Å². The van der Waals surface area contributed by atoms with Crippen LogP contribution in [0.4, 0.5) is 26.7 Å². The fourth-order valence-electron chi connectivity index (χ4n) is 4.75. The van der Waals surface area contributed by atoms with Crippen LogP contribution >= 0.6 is 0 Å². The van der Waals surface area contributed by atoms with E-state index >= 15 is 0 Å². The van der Waals surface area contributed by atoms with Gasteiger partial charge in [-0.2, -0.15) is 8.78 Å². The van der Waals surface area contributed by atoms with Gasteiger partial charge < -0.3 is 9.47 Å². The summed E-state index contributed by atoms with van der Waals surface area (Å²) in [7, 11) is 0. The molecule has 3 aromatic rings. The number of amides is 1. The number of hydrogen-bond donors (Lipinski definition) is 0. The van der Waals surface area contributed by atoms with Crippen LogP contribution in [0.1, 0.15) is 29.9 Å². The van der Waals surface area contributed by atoms with E-state index in [0.29, 0.717) is 6.42 Å². The van der Waals surface area contributed by atoms with Crippen LogP contribution < -0.4 is 4.74 Å². The molecule has 1 heterocycles. The van der Waals surface area contributed by atoms with Crippen LogP contribution in [0.3, 0.4) is 0 Å². The fraction of sp³-hybridized carbons (Fsp3) is 0.231. The lowest BCUT2D eigenvalue weighted by molar-refractivity contribution is -0.139. The van der Waals surface area contributed by atoms with Gasteiger partial charge in [0.1, 0.15) is 12.6 Å². The average Bonchev–Trinajstić information content (AvgIpc) is 3.51. The van der Waals surface area contributed by atoms with Crippen molar-refractivity contribution < 1.29 is 41.0 Å². The van der Waals surface area contributed by atoms with Gasteiger partial charge in [-0.15, -0.1) is 0 Å². The Morgan fingerprint density at radius 3 is 1.92 bits per heavy atom. The molecule has 5 rings (SSSR count). The number of likely N-dealkylation sites (tertiary alicyclic amines) is 1. The molecule has 186 valence electrons. The minimum atomic E-state index is -2.37. The lowest BCUT2D eigenvalue weighted by Crippen LogP contribution is -2.43. The molecule has 10 heteroatoms. The first-order valence-corrected chi connectivity index (χ1v) is 11.1. The molecule has 3 aromatic carbocycles. The van der Waals surface area contributed by atoms with Crippen molar-refractivity contribution in [2.45, 2.75) is 24.8 Å². The van der Waals surface area contributed by atoms with Gasteiger partial charge in [0.05, 0.1) is 0 Å². The number of hydrogen-bond acceptors (Lipinski definition) is 4. The topological polar surface area (TPSA) is 55.8 Å². The minimum Gasteiger partial charge on any atom is -0.448 e. The highest BCUT2D eigenvalue weighted by Gasteiger charge is 2.39. The lowest BCUT2D eigenvalue weighted by Gasteiger charge is -2.24. The normalized spacial score (nSPS) is 16.6. The number of rotatable bonds is 4. The van der Waals surface area contributed by atoms with E-state index in [2.05, 4.69) is 4.74 Å². The molecule has 1 aliphatic carbocycles. The van der Waals surface area contributed by atoms with Crippen molar-refractivity contribution in [1.82, 2.24) is 4.90 Å². The zero-order valence-corrected chi connectivity index (χ0v) is 18.6. The van der Waals surface area contributed by atoms with Crippen molar-refractivity contribution >= 4 is 12.1 Å². The molecule has 0 aromatic heterocycles. The molecule has 1 saturated heterocycles. The third-order valence-corrected chi connectivity index (χ3v) is 6.47. The van der Waals surface area contributed by atoms with Crippen molar-refractivity contribution in [3.05, 3.63) is 88.7 Å². The predicted octanol–water partition coefficient (Wildman–Crippen LogP) is 5.70. The lowest BCUT2D eigenvalue weighted by atomic mass is 9.98. The highest BCUT2D eigenvalue weighted by atomic mass is 19.2. The molecular formula is C26H18F5NO4. The van der Waals surface area contributed by atoms with Gasteiger partial charge in [0.25, 0.3) is 0 Å². The summed E-state index contributed by atoms with van der Waals surface area (Å²) in [5.41, 5.74) is 4.02. The maximum Gasteiger partial charge on any atom is 0.410 e. The molecule has 0 N–H and O–H groups in total. The second-order valence-electron chi connectivity index (χ2n) is 8.48. The van der Waals surface area contributed by atoms with E-state index in [4.69, 9.17) is 4.74 Å². The molecule has 1 amide bonds. The Hall–Kier alpha value is -3.95. The average molecular weight is 503 g/mol. The Kier molecular flexibility index (Phi) is 6.11. The summed E-state index contributed by atoms with van der Waals surface area (Å²) in [5.74, 6) is -14.7. The fourth-order valence-corrected chi connectivity index (χ4v) is 4.75. The molecular weight excluding hydrogens is 485 g/mol. The van der Waals surface area contributed by atoms with Gasteiger partial charge in [-0.25, -0.2) is 22.8 Å². The van der Waals surface area contributed by atoms with Crippen molar-refractivity contribution in [2.24, 2.45) is 0 Å². The smallest absolute Gasteiger partial charge is 0.410 e. The van der Waals surface area contributed by atoms with Gasteiger partial charge in [-0.1, -0.05) is 48.5 Å². The van der Waals surface area contributed by atoms with Crippen molar-refractivity contribution in [3.8, 4) is 16.9 Å². The Morgan fingerprint density at radius 2 is 1.33 bits per heavy atom. The first-order chi connectivity index (χ1) is 17.3. The summed E-state index contributed by atoms with van der Waals surface area (Å²) >= 11 is 0. The maximum atomic E-state index is 13.9. The van der Waals surface area contributed by atoms with Crippen molar-refractivity contribution in [1.29, 1.82) is 0 Å². The zero-order valence-electron chi connectivity index (χ0n) is 18.6. The highest BCUT2D eigenvalue weighted by molar-refractivity contribution is 5.84. The molecule has 1 aliphatic heterocycles. The number of benzene rings is 3. The third-order valence-electron chi connectivity index (χ3n) is 6.47. The van der Waals surface area contributed by atoms with E-state index in [0.717, 1.165) is 27.2 Å². The first-order valence-electron chi connectivity index (χ1n) is 11.1. The molecule has 0 saturated carbocycles. The molecule has 2 aliphatic rings. The number of nitrogens with zero attached hydrogens (tertiary/aromatic N) is 1. The van der Waals surface area contributed by atoms with E-state index in [1.807, 2.05) is 48.5 Å². The minimum absolute atomic E-state index is 0.0250. The van der Waals surface area contributed by atoms with E-state index < -0.39 is 52.9 Å². The number of carbonyl (C=O) groups excluding carboxylic acids is 2. The number of halogens is 5.